The SMILES string of the molecule is CC(C)OC(=O)CSCC(C)C(=O)O. The van der Waals surface area contributed by atoms with Crippen molar-refractivity contribution in [2.45, 2.75) is 26.9 Å². The number of carboxylic acids is 1. The van der Waals surface area contributed by atoms with E-state index in [1.165, 1.54) is 11.8 Å². The van der Waals surface area contributed by atoms with Crippen molar-refractivity contribution in [3.8, 4) is 0 Å². The summed E-state index contributed by atoms with van der Waals surface area (Å²) in [6, 6.07) is 0. The van der Waals surface area contributed by atoms with Crippen LogP contribution in [-0.4, -0.2) is 34.7 Å². The maximum atomic E-state index is 11.0. The van der Waals surface area contributed by atoms with Crippen LogP contribution in [0.5, 0.6) is 0 Å². The van der Waals surface area contributed by atoms with E-state index in [-0.39, 0.29) is 17.8 Å². The number of carboxylic acid groups (broad SMARTS) is 1. The molecule has 0 heterocycles. The average Bonchev–Trinajstić information content (AvgIpc) is 2.02. The molecule has 0 aromatic heterocycles. The van der Waals surface area contributed by atoms with Crippen LogP contribution in [0, 0.1) is 5.92 Å². The standard InChI is InChI=1S/C9H16O4S/c1-6(2)13-8(10)5-14-4-7(3)9(11)12/h6-7H,4-5H2,1-3H3,(H,11,12). The molecule has 1 unspecified atom stereocenters. The molecule has 0 bridgehead atoms. The maximum Gasteiger partial charge on any atom is 0.316 e. The van der Waals surface area contributed by atoms with E-state index >= 15 is 0 Å². The molecule has 0 rings (SSSR count). The number of rotatable bonds is 6. The number of ether oxygens (including phenoxy) is 1. The molecule has 82 valence electrons. The van der Waals surface area contributed by atoms with Crippen molar-refractivity contribution >= 4 is 23.7 Å². The van der Waals surface area contributed by atoms with E-state index in [0.29, 0.717) is 5.75 Å². The number of esters is 1. The molecule has 0 saturated carbocycles. The summed E-state index contributed by atoms with van der Waals surface area (Å²) in [7, 11) is 0. The first-order chi connectivity index (χ1) is 6.43. The number of hydrogen-bond acceptors (Lipinski definition) is 4. The summed E-state index contributed by atoms with van der Waals surface area (Å²) >= 11 is 1.28. The van der Waals surface area contributed by atoms with Gasteiger partial charge in [-0.2, -0.15) is 0 Å². The lowest BCUT2D eigenvalue weighted by atomic mass is 10.2. The largest absolute Gasteiger partial charge is 0.481 e. The minimum absolute atomic E-state index is 0.111. The highest BCUT2D eigenvalue weighted by Crippen LogP contribution is 2.09. The van der Waals surface area contributed by atoms with E-state index in [9.17, 15) is 9.59 Å². The molecule has 0 amide bonds. The zero-order chi connectivity index (χ0) is 11.1. The molecule has 0 aliphatic rings. The maximum absolute atomic E-state index is 11.0. The lowest BCUT2D eigenvalue weighted by Crippen LogP contribution is -2.16. The van der Waals surface area contributed by atoms with Crippen molar-refractivity contribution in [2.75, 3.05) is 11.5 Å². The Morgan fingerprint density at radius 1 is 1.36 bits per heavy atom. The van der Waals surface area contributed by atoms with Gasteiger partial charge in [-0.25, -0.2) is 0 Å². The van der Waals surface area contributed by atoms with E-state index < -0.39 is 11.9 Å². The van der Waals surface area contributed by atoms with E-state index in [1.54, 1.807) is 20.8 Å². The molecule has 14 heavy (non-hydrogen) atoms. The molecule has 0 aliphatic heterocycles. The van der Waals surface area contributed by atoms with E-state index in [0.717, 1.165) is 0 Å². The van der Waals surface area contributed by atoms with Gasteiger partial charge in [-0.3, -0.25) is 9.59 Å². The number of carbonyl (C=O) groups excluding carboxylic acids is 1. The second-order valence-electron chi connectivity index (χ2n) is 3.29. The lowest BCUT2D eigenvalue weighted by Gasteiger charge is -2.08. The summed E-state index contributed by atoms with van der Waals surface area (Å²) in [5, 5.41) is 8.56. The summed E-state index contributed by atoms with van der Waals surface area (Å²) in [5.74, 6) is -0.901. The van der Waals surface area contributed by atoms with Gasteiger partial charge in [0.1, 0.15) is 0 Å². The van der Waals surface area contributed by atoms with Gasteiger partial charge in [0, 0.05) is 5.75 Å². The summed E-state index contributed by atoms with van der Waals surface area (Å²) in [4.78, 5) is 21.4. The van der Waals surface area contributed by atoms with Crippen molar-refractivity contribution < 1.29 is 19.4 Å². The molecule has 0 aliphatic carbocycles. The molecule has 5 heteroatoms. The summed E-state index contributed by atoms with van der Waals surface area (Å²) in [6.07, 6.45) is -0.111. The highest BCUT2D eigenvalue weighted by molar-refractivity contribution is 7.99. The zero-order valence-electron chi connectivity index (χ0n) is 8.65. The predicted molar refractivity (Wildman–Crippen MR) is 55.4 cm³/mol. The van der Waals surface area contributed by atoms with Crippen LogP contribution >= 0.6 is 11.8 Å². The number of thioether (sulfide) groups is 1. The molecule has 1 atom stereocenters. The van der Waals surface area contributed by atoms with Crippen LogP contribution in [0.3, 0.4) is 0 Å². The van der Waals surface area contributed by atoms with Crippen LogP contribution in [0.2, 0.25) is 0 Å². The van der Waals surface area contributed by atoms with Gasteiger partial charge in [0.05, 0.1) is 17.8 Å². The summed E-state index contributed by atoms with van der Waals surface area (Å²) in [5.41, 5.74) is 0. The van der Waals surface area contributed by atoms with Crippen LogP contribution in [0.4, 0.5) is 0 Å². The molecule has 0 radical (unpaired) electrons. The van der Waals surface area contributed by atoms with Crippen molar-refractivity contribution in [2.24, 2.45) is 5.92 Å². The first-order valence-corrected chi connectivity index (χ1v) is 5.59. The number of carbonyl (C=O) groups is 2. The number of hydrogen-bond donors (Lipinski definition) is 1. The van der Waals surface area contributed by atoms with Crippen molar-refractivity contribution in [3.05, 3.63) is 0 Å². The van der Waals surface area contributed by atoms with Gasteiger partial charge in [0.2, 0.25) is 0 Å². The van der Waals surface area contributed by atoms with Gasteiger partial charge < -0.3 is 9.84 Å². The Labute approximate surface area is 88.0 Å². The van der Waals surface area contributed by atoms with Crippen LogP contribution in [-0.2, 0) is 14.3 Å². The Morgan fingerprint density at radius 2 is 1.93 bits per heavy atom. The van der Waals surface area contributed by atoms with Gasteiger partial charge in [0.25, 0.3) is 0 Å². The summed E-state index contributed by atoms with van der Waals surface area (Å²) in [6.45, 7) is 5.17. The number of aliphatic carboxylic acids is 1. The highest BCUT2D eigenvalue weighted by atomic mass is 32.2. The minimum atomic E-state index is -0.838. The van der Waals surface area contributed by atoms with Crippen molar-refractivity contribution in [1.29, 1.82) is 0 Å². The fourth-order valence-electron chi connectivity index (χ4n) is 0.687. The third kappa shape index (κ3) is 6.77. The van der Waals surface area contributed by atoms with Crippen LogP contribution in [0.15, 0.2) is 0 Å². The molecular weight excluding hydrogens is 204 g/mol. The van der Waals surface area contributed by atoms with Crippen LogP contribution < -0.4 is 0 Å². The monoisotopic (exact) mass is 220 g/mol. The van der Waals surface area contributed by atoms with E-state index in [1.807, 2.05) is 0 Å². The third-order valence-electron chi connectivity index (χ3n) is 1.38. The molecule has 0 aromatic carbocycles. The quantitative estimate of drug-likeness (QED) is 0.685. The third-order valence-corrected chi connectivity index (χ3v) is 2.55. The Morgan fingerprint density at radius 3 is 2.36 bits per heavy atom. The smallest absolute Gasteiger partial charge is 0.316 e. The Hall–Kier alpha value is -0.710. The second kappa shape index (κ2) is 6.70. The van der Waals surface area contributed by atoms with Gasteiger partial charge in [-0.1, -0.05) is 6.92 Å². The van der Waals surface area contributed by atoms with Crippen molar-refractivity contribution in [1.82, 2.24) is 0 Å². The zero-order valence-corrected chi connectivity index (χ0v) is 9.47. The fraction of sp³-hybridized carbons (Fsp3) is 0.778. The van der Waals surface area contributed by atoms with E-state index in [2.05, 4.69) is 0 Å². The molecular formula is C9H16O4S. The van der Waals surface area contributed by atoms with Crippen molar-refractivity contribution in [3.63, 3.8) is 0 Å². The molecule has 0 fully saturated rings. The minimum Gasteiger partial charge on any atom is -0.481 e. The second-order valence-corrected chi connectivity index (χ2v) is 4.32. The topological polar surface area (TPSA) is 63.6 Å². The van der Waals surface area contributed by atoms with Gasteiger partial charge in [-0.15, -0.1) is 11.8 Å². The van der Waals surface area contributed by atoms with Gasteiger partial charge in [0.15, 0.2) is 0 Å². The Balaban J connectivity index is 3.54. The van der Waals surface area contributed by atoms with Gasteiger partial charge >= 0.3 is 11.9 Å². The molecule has 4 nitrogen and oxygen atoms in total. The first kappa shape index (κ1) is 13.3. The van der Waals surface area contributed by atoms with Gasteiger partial charge in [-0.05, 0) is 13.8 Å². The average molecular weight is 220 g/mol. The predicted octanol–water partition coefficient (Wildman–Crippen LogP) is 1.39. The van der Waals surface area contributed by atoms with Crippen LogP contribution in [0.25, 0.3) is 0 Å². The fourth-order valence-corrected chi connectivity index (χ4v) is 1.54. The molecule has 0 spiro atoms. The summed E-state index contributed by atoms with van der Waals surface area (Å²) < 4.78 is 4.89. The first-order valence-electron chi connectivity index (χ1n) is 4.43. The molecule has 0 aromatic rings. The highest BCUT2D eigenvalue weighted by Gasteiger charge is 2.12. The molecule has 1 N–H and O–H groups in total. The van der Waals surface area contributed by atoms with E-state index in [4.69, 9.17) is 9.84 Å². The Bertz CT molecular complexity index is 203. The van der Waals surface area contributed by atoms with Crippen LogP contribution in [0.1, 0.15) is 20.8 Å². The lowest BCUT2D eigenvalue weighted by molar-refractivity contribution is -0.144. The normalized spacial score (nSPS) is 12.6. The Kier molecular flexibility index (Phi) is 6.36. The molecule has 0 saturated heterocycles.